The Bertz CT molecular complexity index is 423. The van der Waals surface area contributed by atoms with Gasteiger partial charge in [0.05, 0.1) is 13.7 Å². The maximum absolute atomic E-state index is 5.66. The largest absolute Gasteiger partial charge is 0.493 e. The summed E-state index contributed by atoms with van der Waals surface area (Å²) >= 11 is 1.91. The second-order valence-electron chi connectivity index (χ2n) is 4.72. The molecular weight excluding hydrogens is 258 g/mol. The first-order valence-corrected chi connectivity index (χ1v) is 8.21. The molecule has 0 saturated heterocycles. The number of hydrogen-bond donors (Lipinski definition) is 0. The minimum absolute atomic E-state index is 0.672. The van der Waals surface area contributed by atoms with Crippen LogP contribution >= 0.6 is 11.8 Å². The lowest BCUT2D eigenvalue weighted by Crippen LogP contribution is -2.32. The molecule has 1 aliphatic heterocycles. The second-order valence-corrected chi connectivity index (χ2v) is 5.71. The van der Waals surface area contributed by atoms with Gasteiger partial charge in [0.1, 0.15) is 0 Å². The van der Waals surface area contributed by atoms with Crippen LogP contribution in [-0.2, 0) is 13.0 Å². The summed E-state index contributed by atoms with van der Waals surface area (Å²) < 4.78 is 11.1. The Morgan fingerprint density at radius 3 is 2.74 bits per heavy atom. The fourth-order valence-corrected chi connectivity index (χ4v) is 2.90. The summed E-state index contributed by atoms with van der Waals surface area (Å²) in [6.45, 7) is 6.01. The minimum atomic E-state index is 0.672. The van der Waals surface area contributed by atoms with Gasteiger partial charge in [-0.2, -0.15) is 11.8 Å². The topological polar surface area (TPSA) is 21.7 Å². The predicted octanol–water partition coefficient (Wildman–Crippen LogP) is 2.82. The second kappa shape index (κ2) is 7.06. The van der Waals surface area contributed by atoms with Crippen molar-refractivity contribution in [3.63, 3.8) is 0 Å². The number of hydrogen-bond acceptors (Lipinski definition) is 4. The summed E-state index contributed by atoms with van der Waals surface area (Å²) in [4.78, 5) is 2.51. The van der Waals surface area contributed by atoms with E-state index in [4.69, 9.17) is 9.47 Å². The van der Waals surface area contributed by atoms with Gasteiger partial charge in [-0.15, -0.1) is 0 Å². The summed E-state index contributed by atoms with van der Waals surface area (Å²) in [5.74, 6) is 2.93. The molecule has 0 aliphatic carbocycles. The molecule has 1 heterocycles. The van der Waals surface area contributed by atoms with Crippen LogP contribution < -0.4 is 9.47 Å². The Kier molecular flexibility index (Phi) is 5.40. The zero-order chi connectivity index (χ0) is 13.7. The lowest BCUT2D eigenvalue weighted by atomic mass is 9.99. The van der Waals surface area contributed by atoms with Gasteiger partial charge in [0.15, 0.2) is 11.5 Å². The molecule has 0 unspecified atom stereocenters. The predicted molar refractivity (Wildman–Crippen MR) is 81.5 cm³/mol. The molecule has 0 spiro atoms. The lowest BCUT2D eigenvalue weighted by Gasteiger charge is -2.29. The highest BCUT2D eigenvalue weighted by Crippen LogP contribution is 2.33. The quantitative estimate of drug-likeness (QED) is 0.799. The van der Waals surface area contributed by atoms with Crippen LogP contribution in [0.4, 0.5) is 0 Å². The number of methoxy groups -OCH3 is 1. The normalized spacial score (nSPS) is 15.1. The van der Waals surface area contributed by atoms with E-state index >= 15 is 0 Å². The Morgan fingerprint density at radius 2 is 2.05 bits per heavy atom. The Balaban J connectivity index is 2.16. The zero-order valence-corrected chi connectivity index (χ0v) is 12.9. The number of benzene rings is 1. The first kappa shape index (κ1) is 14.5. The molecule has 0 bridgehead atoms. The van der Waals surface area contributed by atoms with Gasteiger partial charge in [-0.25, -0.2) is 0 Å². The zero-order valence-electron chi connectivity index (χ0n) is 12.1. The number of nitrogens with zero attached hydrogens (tertiary/aromatic N) is 1. The van der Waals surface area contributed by atoms with Gasteiger partial charge >= 0.3 is 0 Å². The van der Waals surface area contributed by atoms with Gasteiger partial charge < -0.3 is 9.47 Å². The molecule has 0 N–H and O–H groups in total. The van der Waals surface area contributed by atoms with E-state index in [1.165, 1.54) is 16.9 Å². The van der Waals surface area contributed by atoms with Crippen molar-refractivity contribution in [2.75, 3.05) is 38.8 Å². The van der Waals surface area contributed by atoms with Gasteiger partial charge in [-0.3, -0.25) is 4.90 Å². The third-order valence-corrected chi connectivity index (χ3v) is 4.08. The van der Waals surface area contributed by atoms with Gasteiger partial charge in [0.25, 0.3) is 0 Å². The molecule has 106 valence electrons. The maximum Gasteiger partial charge on any atom is 0.161 e. The van der Waals surface area contributed by atoms with Gasteiger partial charge in [-0.1, -0.05) is 0 Å². The Labute approximate surface area is 120 Å². The van der Waals surface area contributed by atoms with Crippen LogP contribution in [0, 0.1) is 0 Å². The van der Waals surface area contributed by atoms with Crippen molar-refractivity contribution in [2.24, 2.45) is 0 Å². The van der Waals surface area contributed by atoms with Gasteiger partial charge in [0.2, 0.25) is 0 Å². The van der Waals surface area contributed by atoms with Crippen LogP contribution in [-0.4, -0.2) is 43.7 Å². The molecule has 19 heavy (non-hydrogen) atoms. The number of ether oxygens (including phenoxy) is 2. The molecule has 0 aromatic heterocycles. The van der Waals surface area contributed by atoms with E-state index in [1.807, 2.05) is 18.7 Å². The lowest BCUT2D eigenvalue weighted by molar-refractivity contribution is 0.266. The summed E-state index contributed by atoms with van der Waals surface area (Å²) in [6.07, 6.45) is 3.27. The summed E-state index contributed by atoms with van der Waals surface area (Å²) in [5.41, 5.74) is 2.79. The molecule has 4 heteroatoms. The van der Waals surface area contributed by atoms with E-state index in [-0.39, 0.29) is 0 Å². The SMILES string of the molecule is CCOc1cc2c(cc1OC)CCN(CCSC)C2. The van der Waals surface area contributed by atoms with Crippen molar-refractivity contribution in [3.8, 4) is 11.5 Å². The standard InChI is InChI=1S/C15H23NO2S/c1-4-18-15-10-13-11-16(7-8-19-3)6-5-12(13)9-14(15)17-2/h9-10H,4-8,11H2,1-3H3. The molecule has 0 atom stereocenters. The molecule has 1 aromatic rings. The molecule has 1 aromatic carbocycles. The van der Waals surface area contributed by atoms with Gasteiger partial charge in [0, 0.05) is 25.4 Å². The highest BCUT2D eigenvalue weighted by atomic mass is 32.2. The molecule has 0 fully saturated rings. The van der Waals surface area contributed by atoms with E-state index in [2.05, 4.69) is 23.3 Å². The number of rotatable bonds is 6. The summed E-state index contributed by atoms with van der Waals surface area (Å²) in [5, 5.41) is 0. The van der Waals surface area contributed by atoms with Crippen LogP contribution in [0.2, 0.25) is 0 Å². The molecule has 0 amide bonds. The third kappa shape index (κ3) is 3.57. The summed E-state index contributed by atoms with van der Waals surface area (Å²) in [7, 11) is 1.71. The molecule has 0 saturated carbocycles. The first-order chi connectivity index (χ1) is 9.28. The fraction of sp³-hybridized carbons (Fsp3) is 0.600. The highest BCUT2D eigenvalue weighted by molar-refractivity contribution is 7.98. The van der Waals surface area contributed by atoms with Crippen LogP contribution in [0.5, 0.6) is 11.5 Å². The average molecular weight is 281 g/mol. The van der Waals surface area contributed by atoms with E-state index in [0.717, 1.165) is 37.6 Å². The number of thioether (sulfide) groups is 1. The van der Waals surface area contributed by atoms with E-state index < -0.39 is 0 Å². The Morgan fingerprint density at radius 1 is 1.26 bits per heavy atom. The smallest absolute Gasteiger partial charge is 0.161 e. The van der Waals surface area contributed by atoms with E-state index in [1.54, 1.807) is 7.11 Å². The average Bonchev–Trinajstić information content (AvgIpc) is 2.44. The van der Waals surface area contributed by atoms with E-state index in [0.29, 0.717) is 6.61 Å². The van der Waals surface area contributed by atoms with Crippen LogP contribution in [0.25, 0.3) is 0 Å². The highest BCUT2D eigenvalue weighted by Gasteiger charge is 2.19. The third-order valence-electron chi connectivity index (χ3n) is 3.49. The van der Waals surface area contributed by atoms with Gasteiger partial charge in [-0.05, 0) is 42.9 Å². The van der Waals surface area contributed by atoms with Crippen molar-refractivity contribution < 1.29 is 9.47 Å². The molecule has 0 radical (unpaired) electrons. The van der Waals surface area contributed by atoms with Crippen molar-refractivity contribution in [1.82, 2.24) is 4.90 Å². The Hall–Kier alpha value is -0.870. The molecular formula is C15H23NO2S. The first-order valence-electron chi connectivity index (χ1n) is 6.82. The monoisotopic (exact) mass is 281 g/mol. The fourth-order valence-electron chi connectivity index (χ4n) is 2.46. The van der Waals surface area contributed by atoms with Crippen LogP contribution in [0.15, 0.2) is 12.1 Å². The van der Waals surface area contributed by atoms with Crippen LogP contribution in [0.3, 0.4) is 0 Å². The van der Waals surface area contributed by atoms with Crippen molar-refractivity contribution in [2.45, 2.75) is 19.9 Å². The van der Waals surface area contributed by atoms with Crippen molar-refractivity contribution in [3.05, 3.63) is 23.3 Å². The summed E-state index contributed by atoms with van der Waals surface area (Å²) in [6, 6.07) is 4.30. The molecule has 2 rings (SSSR count). The van der Waals surface area contributed by atoms with Crippen molar-refractivity contribution >= 4 is 11.8 Å². The van der Waals surface area contributed by atoms with Crippen LogP contribution in [0.1, 0.15) is 18.1 Å². The maximum atomic E-state index is 5.66. The number of fused-ring (bicyclic) bond motifs is 1. The minimum Gasteiger partial charge on any atom is -0.493 e. The van der Waals surface area contributed by atoms with Crippen molar-refractivity contribution in [1.29, 1.82) is 0 Å². The van der Waals surface area contributed by atoms with E-state index in [9.17, 15) is 0 Å². The molecule has 1 aliphatic rings. The molecule has 3 nitrogen and oxygen atoms in total.